The average molecular weight is 314 g/mol. The lowest BCUT2D eigenvalue weighted by molar-refractivity contribution is -0.122. The van der Waals surface area contributed by atoms with Crippen LogP contribution in [0.1, 0.15) is 48.0 Å². The highest BCUT2D eigenvalue weighted by Gasteiger charge is 2.39. The molecule has 3 atom stereocenters. The molecule has 2 saturated carbocycles. The summed E-state index contributed by atoms with van der Waals surface area (Å²) in [5, 5.41) is 3.02. The van der Waals surface area contributed by atoms with Crippen LogP contribution in [0.25, 0.3) is 0 Å². The number of benzene rings is 1. The zero-order chi connectivity index (χ0) is 16.4. The van der Waals surface area contributed by atoms with Crippen LogP contribution in [0.3, 0.4) is 0 Å². The molecule has 2 amide bonds. The second kappa shape index (κ2) is 6.73. The summed E-state index contributed by atoms with van der Waals surface area (Å²) in [5.74, 6) is 2.45. The molecule has 0 aliphatic heterocycles. The Kier molecular flexibility index (Phi) is 4.69. The van der Waals surface area contributed by atoms with E-state index in [0.717, 1.165) is 17.4 Å². The molecular weight excluding hydrogens is 288 g/mol. The minimum absolute atomic E-state index is 0.00290. The van der Waals surface area contributed by atoms with E-state index in [1.54, 1.807) is 19.0 Å². The minimum Gasteiger partial charge on any atom is -0.352 e. The van der Waals surface area contributed by atoms with Crippen LogP contribution in [0.15, 0.2) is 24.3 Å². The van der Waals surface area contributed by atoms with E-state index in [9.17, 15) is 9.59 Å². The van der Waals surface area contributed by atoms with Crippen molar-refractivity contribution in [3.8, 4) is 0 Å². The van der Waals surface area contributed by atoms with Crippen molar-refractivity contribution in [2.24, 2.45) is 17.8 Å². The molecule has 2 fully saturated rings. The second-order valence-electron chi connectivity index (χ2n) is 7.31. The van der Waals surface area contributed by atoms with Gasteiger partial charge in [-0.05, 0) is 54.7 Å². The van der Waals surface area contributed by atoms with Gasteiger partial charge in [0, 0.05) is 32.6 Å². The quantitative estimate of drug-likeness (QED) is 0.908. The van der Waals surface area contributed by atoms with Crippen LogP contribution >= 0.6 is 0 Å². The highest BCUT2D eigenvalue weighted by molar-refractivity contribution is 5.93. The molecule has 0 spiro atoms. The lowest BCUT2D eigenvalue weighted by Crippen LogP contribution is -2.27. The van der Waals surface area contributed by atoms with Gasteiger partial charge in [0.05, 0.1) is 0 Å². The van der Waals surface area contributed by atoms with Crippen LogP contribution in [0.4, 0.5) is 0 Å². The number of hydrogen-bond acceptors (Lipinski definition) is 2. The summed E-state index contributed by atoms with van der Waals surface area (Å²) in [6, 6.07) is 7.46. The van der Waals surface area contributed by atoms with E-state index in [4.69, 9.17) is 0 Å². The summed E-state index contributed by atoms with van der Waals surface area (Å²) in [7, 11) is 3.48. The first-order valence-electron chi connectivity index (χ1n) is 8.60. The zero-order valence-corrected chi connectivity index (χ0v) is 14.0. The van der Waals surface area contributed by atoms with E-state index >= 15 is 0 Å². The molecule has 23 heavy (non-hydrogen) atoms. The third-order valence-electron chi connectivity index (χ3n) is 5.43. The largest absolute Gasteiger partial charge is 0.352 e. The van der Waals surface area contributed by atoms with E-state index in [2.05, 4.69) is 5.32 Å². The second-order valence-corrected chi connectivity index (χ2v) is 7.31. The van der Waals surface area contributed by atoms with E-state index in [1.807, 2.05) is 24.3 Å². The van der Waals surface area contributed by atoms with Crippen molar-refractivity contribution < 1.29 is 9.59 Å². The maximum atomic E-state index is 12.1. The summed E-state index contributed by atoms with van der Waals surface area (Å²) >= 11 is 0. The van der Waals surface area contributed by atoms with Crippen LogP contribution in [0, 0.1) is 17.8 Å². The van der Waals surface area contributed by atoms with Gasteiger partial charge < -0.3 is 10.2 Å². The van der Waals surface area contributed by atoms with Crippen molar-refractivity contribution in [1.82, 2.24) is 10.2 Å². The van der Waals surface area contributed by atoms with Gasteiger partial charge in [0.2, 0.25) is 5.91 Å². The molecule has 0 radical (unpaired) electrons. The Morgan fingerprint density at radius 1 is 1.13 bits per heavy atom. The first-order valence-corrected chi connectivity index (χ1v) is 8.60. The molecule has 0 saturated heterocycles. The van der Waals surface area contributed by atoms with Gasteiger partial charge in [0.1, 0.15) is 0 Å². The molecule has 1 N–H and O–H groups in total. The molecule has 0 heterocycles. The number of fused-ring (bicyclic) bond motifs is 2. The lowest BCUT2D eigenvalue weighted by Gasteiger charge is -2.20. The molecule has 1 aromatic carbocycles. The Hall–Kier alpha value is -1.84. The van der Waals surface area contributed by atoms with Crippen LogP contribution in [0.2, 0.25) is 0 Å². The fraction of sp³-hybridized carbons (Fsp3) is 0.579. The minimum atomic E-state index is -0.00290. The third-order valence-corrected chi connectivity index (χ3v) is 5.43. The maximum Gasteiger partial charge on any atom is 0.253 e. The Labute approximate surface area is 138 Å². The smallest absolute Gasteiger partial charge is 0.253 e. The molecule has 2 aliphatic rings. The van der Waals surface area contributed by atoms with Crippen LogP contribution in [-0.4, -0.2) is 30.8 Å². The van der Waals surface area contributed by atoms with E-state index in [1.165, 1.54) is 25.7 Å². The number of nitrogens with one attached hydrogen (secondary N) is 1. The van der Waals surface area contributed by atoms with Gasteiger partial charge in [0.15, 0.2) is 0 Å². The average Bonchev–Trinajstić information content (AvgIpc) is 3.15. The fourth-order valence-corrected chi connectivity index (χ4v) is 4.16. The van der Waals surface area contributed by atoms with Crippen molar-refractivity contribution in [3.63, 3.8) is 0 Å². The van der Waals surface area contributed by atoms with Crippen LogP contribution in [0.5, 0.6) is 0 Å². The van der Waals surface area contributed by atoms with Gasteiger partial charge in [-0.1, -0.05) is 18.6 Å². The first kappa shape index (κ1) is 16.0. The van der Waals surface area contributed by atoms with Gasteiger partial charge in [-0.25, -0.2) is 0 Å². The summed E-state index contributed by atoms with van der Waals surface area (Å²) in [6.45, 7) is 0.538. The SMILES string of the molecule is CN(C)C(=O)c1ccc(CNC(=O)CC2CC3CCC2C3)cc1. The Balaban J connectivity index is 1.46. The van der Waals surface area contributed by atoms with Crippen LogP contribution < -0.4 is 5.32 Å². The zero-order valence-electron chi connectivity index (χ0n) is 14.0. The number of carbonyl (C=O) groups excluding carboxylic acids is 2. The third kappa shape index (κ3) is 3.74. The molecule has 4 heteroatoms. The van der Waals surface area contributed by atoms with E-state index < -0.39 is 0 Å². The van der Waals surface area contributed by atoms with Crippen molar-refractivity contribution in [2.75, 3.05) is 14.1 Å². The normalized spacial score (nSPS) is 25.4. The predicted molar refractivity (Wildman–Crippen MR) is 89.9 cm³/mol. The highest BCUT2D eigenvalue weighted by Crippen LogP contribution is 2.49. The Bertz CT molecular complexity index is 580. The molecule has 124 valence electrons. The molecular formula is C19H26N2O2. The Morgan fingerprint density at radius 3 is 2.43 bits per heavy atom. The maximum absolute atomic E-state index is 12.1. The molecule has 1 aromatic rings. The first-order chi connectivity index (χ1) is 11.0. The topological polar surface area (TPSA) is 49.4 Å². The van der Waals surface area contributed by atoms with Crippen molar-refractivity contribution >= 4 is 11.8 Å². The molecule has 3 rings (SSSR count). The fourth-order valence-electron chi connectivity index (χ4n) is 4.16. The van der Waals surface area contributed by atoms with Crippen LogP contribution in [-0.2, 0) is 11.3 Å². The highest BCUT2D eigenvalue weighted by atomic mass is 16.2. The van der Waals surface area contributed by atoms with E-state index in [-0.39, 0.29) is 11.8 Å². The molecule has 4 nitrogen and oxygen atoms in total. The van der Waals surface area contributed by atoms with Crippen molar-refractivity contribution in [2.45, 2.75) is 38.6 Å². The monoisotopic (exact) mass is 314 g/mol. The standard InChI is InChI=1S/C19H26N2O2/c1-21(2)19(23)15-6-3-13(4-7-15)12-20-18(22)11-17-10-14-5-8-16(17)9-14/h3-4,6-7,14,16-17H,5,8-12H2,1-2H3,(H,20,22). The van der Waals surface area contributed by atoms with Crippen molar-refractivity contribution in [1.29, 1.82) is 0 Å². The molecule has 3 unspecified atom stereocenters. The van der Waals surface area contributed by atoms with Gasteiger partial charge in [-0.3, -0.25) is 9.59 Å². The molecule has 2 aliphatic carbocycles. The number of carbonyl (C=O) groups is 2. The number of amides is 2. The van der Waals surface area contributed by atoms with Crippen molar-refractivity contribution in [3.05, 3.63) is 35.4 Å². The van der Waals surface area contributed by atoms with E-state index in [0.29, 0.717) is 24.4 Å². The van der Waals surface area contributed by atoms with Gasteiger partial charge in [-0.15, -0.1) is 0 Å². The molecule has 0 aromatic heterocycles. The summed E-state index contributed by atoms with van der Waals surface area (Å²) in [6.07, 6.45) is 5.97. The summed E-state index contributed by atoms with van der Waals surface area (Å²) < 4.78 is 0. The number of hydrogen-bond donors (Lipinski definition) is 1. The summed E-state index contributed by atoms with van der Waals surface area (Å²) in [5.41, 5.74) is 1.70. The van der Waals surface area contributed by atoms with Gasteiger partial charge in [-0.2, -0.15) is 0 Å². The number of nitrogens with zero attached hydrogens (tertiary/aromatic N) is 1. The Morgan fingerprint density at radius 2 is 1.87 bits per heavy atom. The van der Waals surface area contributed by atoms with Gasteiger partial charge >= 0.3 is 0 Å². The molecule has 2 bridgehead atoms. The lowest BCUT2D eigenvalue weighted by atomic mass is 9.86. The summed E-state index contributed by atoms with van der Waals surface area (Å²) in [4.78, 5) is 25.5. The number of rotatable bonds is 5. The van der Waals surface area contributed by atoms with Gasteiger partial charge in [0.25, 0.3) is 5.91 Å². The predicted octanol–water partition coefficient (Wildman–Crippen LogP) is 2.83.